The minimum Gasteiger partial charge on any atom is -0.504 e. The molecule has 2 aromatic rings. The van der Waals surface area contributed by atoms with Crippen molar-refractivity contribution >= 4 is 5.91 Å². The second-order valence-corrected chi connectivity index (χ2v) is 5.85. The van der Waals surface area contributed by atoms with Gasteiger partial charge in [0.25, 0.3) is 0 Å². The molecule has 0 aliphatic heterocycles. The molecular formula is C20H25NO6. The maximum atomic E-state index is 12.2. The van der Waals surface area contributed by atoms with Crippen LogP contribution in [0.3, 0.4) is 0 Å². The fraction of sp³-hybridized carbons (Fsp3) is 0.350. The molecule has 146 valence electrons. The van der Waals surface area contributed by atoms with Gasteiger partial charge < -0.3 is 29.4 Å². The van der Waals surface area contributed by atoms with Crippen LogP contribution in [-0.2, 0) is 17.6 Å². The summed E-state index contributed by atoms with van der Waals surface area (Å²) in [5.74, 6) is 1.90. The Hall–Kier alpha value is -3.09. The van der Waals surface area contributed by atoms with Crippen molar-refractivity contribution in [1.82, 2.24) is 5.32 Å². The van der Waals surface area contributed by atoms with Crippen molar-refractivity contribution < 1.29 is 28.8 Å². The Morgan fingerprint density at radius 1 is 0.889 bits per heavy atom. The van der Waals surface area contributed by atoms with Crippen LogP contribution < -0.4 is 24.3 Å². The largest absolute Gasteiger partial charge is 0.504 e. The average Bonchev–Trinajstić information content (AvgIpc) is 2.67. The summed E-state index contributed by atoms with van der Waals surface area (Å²) in [5.41, 5.74) is 1.63. The van der Waals surface area contributed by atoms with Crippen LogP contribution in [0, 0.1) is 0 Å². The first-order valence-corrected chi connectivity index (χ1v) is 8.43. The number of phenols is 1. The lowest BCUT2D eigenvalue weighted by Gasteiger charge is -2.12. The highest BCUT2D eigenvalue weighted by Crippen LogP contribution is 2.37. The van der Waals surface area contributed by atoms with Crippen molar-refractivity contribution in [3.8, 4) is 28.7 Å². The second kappa shape index (κ2) is 9.56. The standard InChI is InChI=1S/C20H25NO6/c1-24-15-7-14(8-16(12-15)25-2)11-19(23)21-6-5-13-9-17(22)20(27-4)18(10-13)26-3/h7-10,12,22H,5-6,11H2,1-4H3,(H,21,23). The number of aromatic hydroxyl groups is 1. The average molecular weight is 375 g/mol. The number of hydrogen-bond donors (Lipinski definition) is 2. The maximum absolute atomic E-state index is 12.2. The topological polar surface area (TPSA) is 86.3 Å². The quantitative estimate of drug-likeness (QED) is 0.700. The molecule has 0 atom stereocenters. The number of amides is 1. The van der Waals surface area contributed by atoms with Crippen molar-refractivity contribution in [2.24, 2.45) is 0 Å². The highest BCUT2D eigenvalue weighted by atomic mass is 16.5. The summed E-state index contributed by atoms with van der Waals surface area (Å²) in [5, 5.41) is 12.9. The number of benzene rings is 2. The number of methoxy groups -OCH3 is 4. The molecule has 0 aromatic heterocycles. The van der Waals surface area contributed by atoms with Gasteiger partial charge in [0.05, 0.1) is 34.9 Å². The molecule has 0 spiro atoms. The van der Waals surface area contributed by atoms with E-state index in [1.54, 1.807) is 44.6 Å². The Bertz CT molecular complexity index is 768. The van der Waals surface area contributed by atoms with E-state index in [9.17, 15) is 9.90 Å². The fourth-order valence-corrected chi connectivity index (χ4v) is 2.71. The summed E-state index contributed by atoms with van der Waals surface area (Å²) < 4.78 is 20.7. The van der Waals surface area contributed by atoms with E-state index in [1.165, 1.54) is 14.2 Å². The zero-order chi connectivity index (χ0) is 19.8. The molecule has 27 heavy (non-hydrogen) atoms. The molecule has 2 aromatic carbocycles. The van der Waals surface area contributed by atoms with Crippen LogP contribution in [-0.4, -0.2) is 46.0 Å². The van der Waals surface area contributed by atoms with Gasteiger partial charge in [0, 0.05) is 12.6 Å². The molecule has 7 nitrogen and oxygen atoms in total. The molecule has 0 saturated heterocycles. The van der Waals surface area contributed by atoms with E-state index >= 15 is 0 Å². The minimum atomic E-state index is -0.116. The SMILES string of the molecule is COc1cc(CC(=O)NCCc2cc(O)c(OC)c(OC)c2)cc(OC)c1. The molecule has 2 N–H and O–H groups in total. The summed E-state index contributed by atoms with van der Waals surface area (Å²) in [4.78, 5) is 12.2. The predicted molar refractivity (Wildman–Crippen MR) is 101 cm³/mol. The summed E-state index contributed by atoms with van der Waals surface area (Å²) in [6.07, 6.45) is 0.756. The molecule has 2 rings (SSSR count). The van der Waals surface area contributed by atoms with Crippen LogP contribution in [0.1, 0.15) is 11.1 Å². The van der Waals surface area contributed by atoms with Gasteiger partial charge in [-0.25, -0.2) is 0 Å². The van der Waals surface area contributed by atoms with E-state index in [0.29, 0.717) is 30.2 Å². The molecule has 0 aliphatic rings. The number of carbonyl (C=O) groups is 1. The van der Waals surface area contributed by atoms with Crippen molar-refractivity contribution in [2.75, 3.05) is 35.0 Å². The van der Waals surface area contributed by atoms with Crippen molar-refractivity contribution in [1.29, 1.82) is 0 Å². The molecule has 0 unspecified atom stereocenters. The molecular weight excluding hydrogens is 350 g/mol. The Kier molecular flexibility index (Phi) is 7.16. The van der Waals surface area contributed by atoms with E-state index in [1.807, 2.05) is 0 Å². The van der Waals surface area contributed by atoms with Gasteiger partial charge in [0.1, 0.15) is 11.5 Å². The minimum absolute atomic E-state index is 0.00153. The number of rotatable bonds is 9. The normalized spacial score (nSPS) is 10.2. The summed E-state index contributed by atoms with van der Waals surface area (Å²) >= 11 is 0. The third-order valence-corrected chi connectivity index (χ3v) is 4.03. The Balaban J connectivity index is 1.94. The number of carbonyl (C=O) groups excluding carboxylic acids is 1. The highest BCUT2D eigenvalue weighted by molar-refractivity contribution is 5.78. The van der Waals surface area contributed by atoms with Crippen LogP contribution in [0.15, 0.2) is 30.3 Å². The highest BCUT2D eigenvalue weighted by Gasteiger charge is 2.12. The van der Waals surface area contributed by atoms with Gasteiger partial charge in [-0.1, -0.05) is 0 Å². The molecule has 0 bridgehead atoms. The zero-order valence-electron chi connectivity index (χ0n) is 16.0. The van der Waals surface area contributed by atoms with Crippen molar-refractivity contribution in [3.05, 3.63) is 41.5 Å². The van der Waals surface area contributed by atoms with Gasteiger partial charge in [0.15, 0.2) is 11.5 Å². The van der Waals surface area contributed by atoms with E-state index in [2.05, 4.69) is 5.32 Å². The Morgan fingerprint density at radius 3 is 2.11 bits per heavy atom. The van der Waals surface area contributed by atoms with Gasteiger partial charge >= 0.3 is 0 Å². The van der Waals surface area contributed by atoms with E-state index < -0.39 is 0 Å². The van der Waals surface area contributed by atoms with E-state index in [4.69, 9.17) is 18.9 Å². The van der Waals surface area contributed by atoms with E-state index in [0.717, 1.165) is 11.1 Å². The van der Waals surface area contributed by atoms with Gasteiger partial charge in [-0.3, -0.25) is 4.79 Å². The van der Waals surface area contributed by atoms with Crippen LogP contribution in [0.25, 0.3) is 0 Å². The van der Waals surface area contributed by atoms with Crippen LogP contribution in [0.2, 0.25) is 0 Å². The van der Waals surface area contributed by atoms with Crippen LogP contribution in [0.4, 0.5) is 0 Å². The van der Waals surface area contributed by atoms with E-state index in [-0.39, 0.29) is 23.8 Å². The lowest BCUT2D eigenvalue weighted by atomic mass is 10.1. The smallest absolute Gasteiger partial charge is 0.224 e. The fourth-order valence-electron chi connectivity index (χ4n) is 2.71. The van der Waals surface area contributed by atoms with Gasteiger partial charge in [-0.2, -0.15) is 0 Å². The molecule has 0 radical (unpaired) electrons. The number of nitrogens with one attached hydrogen (secondary N) is 1. The molecule has 7 heteroatoms. The van der Waals surface area contributed by atoms with Crippen LogP contribution >= 0.6 is 0 Å². The second-order valence-electron chi connectivity index (χ2n) is 5.85. The van der Waals surface area contributed by atoms with Crippen LogP contribution in [0.5, 0.6) is 28.7 Å². The van der Waals surface area contributed by atoms with Gasteiger partial charge in [-0.15, -0.1) is 0 Å². The lowest BCUT2D eigenvalue weighted by molar-refractivity contribution is -0.120. The molecule has 0 aliphatic carbocycles. The Labute approximate surface area is 158 Å². The molecule has 0 heterocycles. The first-order valence-electron chi connectivity index (χ1n) is 8.43. The summed E-state index contributed by atoms with van der Waals surface area (Å²) in [6.45, 7) is 0.425. The first-order chi connectivity index (χ1) is 13.0. The molecule has 0 fully saturated rings. The maximum Gasteiger partial charge on any atom is 0.224 e. The van der Waals surface area contributed by atoms with Crippen molar-refractivity contribution in [2.45, 2.75) is 12.8 Å². The third kappa shape index (κ3) is 5.44. The van der Waals surface area contributed by atoms with Crippen molar-refractivity contribution in [3.63, 3.8) is 0 Å². The lowest BCUT2D eigenvalue weighted by Crippen LogP contribution is -2.27. The first kappa shape index (κ1) is 20.2. The summed E-state index contributed by atoms with van der Waals surface area (Å²) in [6, 6.07) is 8.73. The Morgan fingerprint density at radius 2 is 1.56 bits per heavy atom. The summed E-state index contributed by atoms with van der Waals surface area (Å²) in [7, 11) is 6.10. The number of hydrogen-bond acceptors (Lipinski definition) is 6. The monoisotopic (exact) mass is 375 g/mol. The number of ether oxygens (including phenoxy) is 4. The van der Waals surface area contributed by atoms with Gasteiger partial charge in [-0.05, 0) is 41.8 Å². The third-order valence-electron chi connectivity index (χ3n) is 4.03. The zero-order valence-corrected chi connectivity index (χ0v) is 16.0. The number of phenolic OH excluding ortho intramolecular Hbond substituents is 1. The predicted octanol–water partition coefficient (Wildman–Crippen LogP) is 2.33. The van der Waals surface area contributed by atoms with Gasteiger partial charge in [0.2, 0.25) is 11.7 Å². The molecule has 0 saturated carbocycles. The molecule has 1 amide bonds.